The van der Waals surface area contributed by atoms with Gasteiger partial charge in [0.2, 0.25) is 11.8 Å². The van der Waals surface area contributed by atoms with Gasteiger partial charge >= 0.3 is 6.18 Å². The fraction of sp³-hybridized carbons (Fsp3) is 0.455. The molecule has 1 saturated carbocycles. The summed E-state index contributed by atoms with van der Waals surface area (Å²) in [5.74, 6) is 0.337. The number of methoxy groups -OCH3 is 1. The van der Waals surface area contributed by atoms with Crippen molar-refractivity contribution in [2.75, 3.05) is 26.8 Å². The monoisotopic (exact) mass is 583 g/mol. The number of rotatable bonds is 14. The van der Waals surface area contributed by atoms with Crippen LogP contribution in [0.15, 0.2) is 72.9 Å². The molecule has 0 unspecified atom stereocenters. The molecule has 2 aromatic carbocycles. The van der Waals surface area contributed by atoms with E-state index in [9.17, 15) is 22.8 Å². The van der Waals surface area contributed by atoms with Crippen molar-refractivity contribution in [3.8, 4) is 0 Å². The van der Waals surface area contributed by atoms with E-state index in [2.05, 4.69) is 0 Å². The number of hydrogen-bond acceptors (Lipinski definition) is 3. The van der Waals surface area contributed by atoms with Crippen LogP contribution in [0.25, 0.3) is 0 Å². The molecule has 0 N–H and O–H groups in total. The molecule has 0 atom stereocenters. The number of benzene rings is 2. The van der Waals surface area contributed by atoms with E-state index in [1.807, 2.05) is 47.0 Å². The van der Waals surface area contributed by atoms with Gasteiger partial charge in [0.25, 0.3) is 0 Å². The van der Waals surface area contributed by atoms with Crippen molar-refractivity contribution in [2.24, 2.45) is 5.92 Å². The summed E-state index contributed by atoms with van der Waals surface area (Å²) in [4.78, 5) is 30.3. The minimum atomic E-state index is -4.42. The molecule has 4 rings (SSSR count). The van der Waals surface area contributed by atoms with Gasteiger partial charge in [-0.05, 0) is 47.7 Å². The second-order valence-electron chi connectivity index (χ2n) is 11.1. The van der Waals surface area contributed by atoms with Gasteiger partial charge in [-0.15, -0.1) is 0 Å². The summed E-state index contributed by atoms with van der Waals surface area (Å²) in [5.41, 5.74) is 1.55. The van der Waals surface area contributed by atoms with Gasteiger partial charge in [-0.3, -0.25) is 9.59 Å². The Morgan fingerprint density at radius 1 is 0.905 bits per heavy atom. The summed E-state index contributed by atoms with van der Waals surface area (Å²) >= 11 is 0. The predicted octanol–water partition coefficient (Wildman–Crippen LogP) is 6.53. The SMILES string of the molecule is COCCN(CC(=O)N(Cc1ccccc1)Cc1cccn1Cc1cccc(C(F)(F)F)c1)C(=O)CCC1CCCC1. The van der Waals surface area contributed by atoms with E-state index >= 15 is 0 Å². The average Bonchev–Trinajstić information content (AvgIpc) is 3.66. The molecule has 3 aromatic rings. The van der Waals surface area contributed by atoms with Gasteiger partial charge in [-0.1, -0.05) is 68.1 Å². The molecule has 1 aromatic heterocycles. The fourth-order valence-corrected chi connectivity index (χ4v) is 5.56. The number of nitrogens with zero attached hydrogens (tertiary/aromatic N) is 3. The molecule has 42 heavy (non-hydrogen) atoms. The lowest BCUT2D eigenvalue weighted by Crippen LogP contribution is -2.44. The molecule has 0 saturated heterocycles. The molecule has 1 heterocycles. The van der Waals surface area contributed by atoms with Gasteiger partial charge in [0, 0.05) is 45.1 Å². The highest BCUT2D eigenvalue weighted by Crippen LogP contribution is 2.30. The number of aromatic nitrogens is 1. The second-order valence-corrected chi connectivity index (χ2v) is 11.1. The molecule has 0 aliphatic heterocycles. The number of carbonyl (C=O) groups excluding carboxylic acids is 2. The van der Waals surface area contributed by atoms with Crippen molar-refractivity contribution in [1.82, 2.24) is 14.4 Å². The highest BCUT2D eigenvalue weighted by atomic mass is 19.4. The van der Waals surface area contributed by atoms with Gasteiger partial charge in [-0.25, -0.2) is 0 Å². The molecule has 226 valence electrons. The van der Waals surface area contributed by atoms with Crippen LogP contribution in [0.4, 0.5) is 13.2 Å². The second kappa shape index (κ2) is 15.0. The standard InChI is InChI=1S/C33H40F3N3O3/c1-42-20-19-38(31(40)17-16-26-9-5-6-10-26)25-32(41)39(22-27-11-3-2-4-12-27)24-30-15-8-18-37(30)23-28-13-7-14-29(21-28)33(34,35)36/h2-4,7-8,11-15,18,21,26H,5-6,9-10,16-17,19-20,22-25H2,1H3. The Morgan fingerprint density at radius 2 is 1.64 bits per heavy atom. The number of halogens is 3. The number of alkyl halides is 3. The van der Waals surface area contributed by atoms with Crippen LogP contribution in [0, 0.1) is 5.92 Å². The lowest BCUT2D eigenvalue weighted by molar-refractivity contribution is -0.142. The van der Waals surface area contributed by atoms with Crippen LogP contribution >= 0.6 is 0 Å². The van der Waals surface area contributed by atoms with Gasteiger partial charge in [0.05, 0.1) is 25.3 Å². The summed E-state index contributed by atoms with van der Waals surface area (Å²) in [6.45, 7) is 1.42. The Hall–Kier alpha value is -3.59. The van der Waals surface area contributed by atoms with Crippen molar-refractivity contribution in [2.45, 2.75) is 64.3 Å². The van der Waals surface area contributed by atoms with Gasteiger partial charge in [-0.2, -0.15) is 13.2 Å². The summed E-state index contributed by atoms with van der Waals surface area (Å²) < 4.78 is 46.9. The molecule has 9 heteroatoms. The Kier molecular flexibility index (Phi) is 11.2. The lowest BCUT2D eigenvalue weighted by atomic mass is 10.0. The third-order valence-corrected chi connectivity index (χ3v) is 7.94. The first-order valence-electron chi connectivity index (χ1n) is 14.6. The maximum absolute atomic E-state index is 13.8. The number of carbonyl (C=O) groups is 2. The Morgan fingerprint density at radius 3 is 2.36 bits per heavy atom. The molecule has 0 radical (unpaired) electrons. The highest BCUT2D eigenvalue weighted by molar-refractivity contribution is 5.85. The third-order valence-electron chi connectivity index (χ3n) is 7.94. The highest BCUT2D eigenvalue weighted by Gasteiger charge is 2.30. The number of amides is 2. The van der Waals surface area contributed by atoms with Crippen LogP contribution in [0.2, 0.25) is 0 Å². The van der Waals surface area contributed by atoms with Crippen LogP contribution in [0.5, 0.6) is 0 Å². The minimum absolute atomic E-state index is 0.0418. The van der Waals surface area contributed by atoms with E-state index in [0.29, 0.717) is 37.6 Å². The molecular weight excluding hydrogens is 543 g/mol. The third kappa shape index (κ3) is 9.21. The van der Waals surface area contributed by atoms with E-state index in [1.165, 1.54) is 18.9 Å². The van der Waals surface area contributed by atoms with Crippen LogP contribution in [-0.4, -0.2) is 53.0 Å². The van der Waals surface area contributed by atoms with Gasteiger partial charge in [0.1, 0.15) is 0 Å². The first-order chi connectivity index (χ1) is 20.2. The van der Waals surface area contributed by atoms with E-state index in [1.54, 1.807) is 29.2 Å². The minimum Gasteiger partial charge on any atom is -0.383 e. The molecule has 2 amide bonds. The predicted molar refractivity (Wildman–Crippen MR) is 155 cm³/mol. The van der Waals surface area contributed by atoms with E-state index in [0.717, 1.165) is 42.7 Å². The van der Waals surface area contributed by atoms with Crippen LogP contribution in [0.3, 0.4) is 0 Å². The maximum Gasteiger partial charge on any atom is 0.416 e. The molecule has 0 bridgehead atoms. The average molecular weight is 584 g/mol. The van der Waals surface area contributed by atoms with E-state index in [-0.39, 0.29) is 31.4 Å². The zero-order valence-electron chi connectivity index (χ0n) is 24.2. The first kappa shape index (κ1) is 31.3. The summed E-state index contributed by atoms with van der Waals surface area (Å²) in [6, 6.07) is 18.6. The molecule has 0 spiro atoms. The quantitative estimate of drug-likeness (QED) is 0.217. The van der Waals surface area contributed by atoms with E-state index < -0.39 is 11.7 Å². The maximum atomic E-state index is 13.8. The summed E-state index contributed by atoms with van der Waals surface area (Å²) in [5, 5.41) is 0. The molecule has 6 nitrogen and oxygen atoms in total. The fourth-order valence-electron chi connectivity index (χ4n) is 5.56. The molecule has 1 aliphatic rings. The Balaban J connectivity index is 1.50. The molecule has 1 fully saturated rings. The van der Waals surface area contributed by atoms with E-state index in [4.69, 9.17) is 4.74 Å². The summed E-state index contributed by atoms with van der Waals surface area (Å²) in [6.07, 6.45) is 3.40. The van der Waals surface area contributed by atoms with Crippen LogP contribution in [0.1, 0.15) is 60.9 Å². The Bertz CT molecular complexity index is 1290. The van der Waals surface area contributed by atoms with Crippen LogP contribution in [-0.2, 0) is 40.1 Å². The van der Waals surface area contributed by atoms with Crippen molar-refractivity contribution in [3.05, 3.63) is 95.3 Å². The zero-order valence-corrected chi connectivity index (χ0v) is 24.2. The normalized spacial score (nSPS) is 13.8. The van der Waals surface area contributed by atoms with Crippen molar-refractivity contribution in [1.29, 1.82) is 0 Å². The number of hydrogen-bond donors (Lipinski definition) is 0. The largest absolute Gasteiger partial charge is 0.416 e. The van der Waals surface area contributed by atoms with Crippen molar-refractivity contribution >= 4 is 11.8 Å². The van der Waals surface area contributed by atoms with Crippen molar-refractivity contribution < 1.29 is 27.5 Å². The topological polar surface area (TPSA) is 54.8 Å². The molecule has 1 aliphatic carbocycles. The van der Waals surface area contributed by atoms with Gasteiger partial charge in [0.15, 0.2) is 0 Å². The van der Waals surface area contributed by atoms with Gasteiger partial charge < -0.3 is 19.1 Å². The molecular formula is C33H40F3N3O3. The smallest absolute Gasteiger partial charge is 0.383 e. The lowest BCUT2D eigenvalue weighted by Gasteiger charge is -2.28. The van der Waals surface area contributed by atoms with Crippen LogP contribution < -0.4 is 0 Å². The first-order valence-corrected chi connectivity index (χ1v) is 14.6. The summed E-state index contributed by atoms with van der Waals surface area (Å²) in [7, 11) is 1.57. The Labute approximate surface area is 246 Å². The number of ether oxygens (including phenoxy) is 1. The zero-order chi connectivity index (χ0) is 30.0. The van der Waals surface area contributed by atoms with Crippen molar-refractivity contribution in [3.63, 3.8) is 0 Å².